The second-order valence-electron chi connectivity index (χ2n) is 3.82. The van der Waals surface area contributed by atoms with E-state index in [9.17, 15) is 14.3 Å². The van der Waals surface area contributed by atoms with Crippen LogP contribution in [0.4, 0.5) is 4.39 Å². The normalized spacial score (nSPS) is 12.3. The second kappa shape index (κ2) is 5.50. The summed E-state index contributed by atoms with van der Waals surface area (Å²) in [5, 5.41) is 9.22. The molecule has 0 radical (unpaired) electrons. The highest BCUT2D eigenvalue weighted by Crippen LogP contribution is 2.29. The molecule has 1 unspecified atom stereocenters. The van der Waals surface area contributed by atoms with E-state index in [0.29, 0.717) is 4.34 Å². The van der Waals surface area contributed by atoms with Crippen molar-refractivity contribution in [1.82, 2.24) is 0 Å². The van der Waals surface area contributed by atoms with Crippen LogP contribution in [-0.4, -0.2) is 11.1 Å². The number of benzene rings is 1. The number of carboxylic acid groups (broad SMARTS) is 1. The predicted octanol–water partition coefficient (Wildman–Crippen LogP) is 3.95. The van der Waals surface area contributed by atoms with Crippen molar-refractivity contribution in [3.05, 3.63) is 57.0 Å². The second-order valence-corrected chi connectivity index (χ2v) is 5.62. The predicted molar refractivity (Wildman–Crippen MR) is 69.8 cm³/mol. The van der Waals surface area contributed by atoms with E-state index >= 15 is 0 Å². The topological polar surface area (TPSA) is 37.3 Å². The lowest BCUT2D eigenvalue weighted by Crippen LogP contribution is -2.15. The van der Waals surface area contributed by atoms with Crippen LogP contribution in [0.5, 0.6) is 0 Å². The molecule has 1 atom stereocenters. The maximum atomic E-state index is 13.6. The molecule has 0 amide bonds. The van der Waals surface area contributed by atoms with Crippen molar-refractivity contribution in [2.24, 2.45) is 0 Å². The Labute approximate surface area is 113 Å². The summed E-state index contributed by atoms with van der Waals surface area (Å²) in [7, 11) is 0. The minimum absolute atomic E-state index is 0.203. The van der Waals surface area contributed by atoms with Crippen molar-refractivity contribution in [1.29, 1.82) is 0 Å². The molecule has 0 aliphatic rings. The zero-order valence-electron chi connectivity index (χ0n) is 9.27. The lowest BCUT2D eigenvalue weighted by atomic mass is 9.95. The maximum absolute atomic E-state index is 13.6. The van der Waals surface area contributed by atoms with Crippen LogP contribution in [0.2, 0.25) is 4.34 Å². The Morgan fingerprint density at radius 2 is 2.06 bits per heavy atom. The van der Waals surface area contributed by atoms with Crippen LogP contribution in [0.15, 0.2) is 36.4 Å². The van der Waals surface area contributed by atoms with Gasteiger partial charge in [0.1, 0.15) is 5.82 Å². The Morgan fingerprint density at radius 1 is 1.33 bits per heavy atom. The molecule has 0 bridgehead atoms. The third-order valence-electron chi connectivity index (χ3n) is 2.61. The van der Waals surface area contributed by atoms with Gasteiger partial charge in [0.15, 0.2) is 0 Å². The van der Waals surface area contributed by atoms with Gasteiger partial charge in [-0.25, -0.2) is 4.39 Å². The fourth-order valence-corrected chi connectivity index (χ4v) is 2.88. The number of carboxylic acids is 1. The molecule has 0 aliphatic carbocycles. The van der Waals surface area contributed by atoms with Crippen molar-refractivity contribution in [3.63, 3.8) is 0 Å². The quantitative estimate of drug-likeness (QED) is 0.923. The zero-order valence-corrected chi connectivity index (χ0v) is 10.8. The molecular formula is C13H10ClFO2S. The monoisotopic (exact) mass is 284 g/mol. The van der Waals surface area contributed by atoms with Crippen LogP contribution in [-0.2, 0) is 11.2 Å². The first kappa shape index (κ1) is 13.1. The van der Waals surface area contributed by atoms with Gasteiger partial charge in [-0.2, -0.15) is 0 Å². The van der Waals surface area contributed by atoms with Gasteiger partial charge in [0.05, 0.1) is 10.3 Å². The molecule has 0 saturated carbocycles. The average Bonchev–Trinajstić information content (AvgIpc) is 2.73. The third kappa shape index (κ3) is 2.89. The smallest absolute Gasteiger partial charge is 0.311 e. The van der Waals surface area contributed by atoms with Crippen LogP contribution in [0.25, 0.3) is 0 Å². The van der Waals surface area contributed by atoms with Crippen LogP contribution in [0.3, 0.4) is 0 Å². The van der Waals surface area contributed by atoms with Gasteiger partial charge in [0, 0.05) is 10.4 Å². The molecule has 2 nitrogen and oxygen atoms in total. The van der Waals surface area contributed by atoms with E-state index in [1.165, 1.54) is 23.5 Å². The minimum atomic E-state index is -1.04. The van der Waals surface area contributed by atoms with Crippen LogP contribution < -0.4 is 0 Å². The van der Waals surface area contributed by atoms with E-state index in [1.807, 2.05) is 0 Å². The molecule has 5 heteroatoms. The van der Waals surface area contributed by atoms with Gasteiger partial charge in [-0.05, 0) is 24.6 Å². The van der Waals surface area contributed by atoms with Crippen LogP contribution >= 0.6 is 22.9 Å². The highest BCUT2D eigenvalue weighted by atomic mass is 35.5. The van der Waals surface area contributed by atoms with Crippen LogP contribution in [0, 0.1) is 5.82 Å². The van der Waals surface area contributed by atoms with Gasteiger partial charge in [-0.1, -0.05) is 29.8 Å². The zero-order chi connectivity index (χ0) is 13.1. The van der Waals surface area contributed by atoms with Crippen molar-refractivity contribution >= 4 is 28.9 Å². The first-order valence-electron chi connectivity index (χ1n) is 5.29. The lowest BCUT2D eigenvalue weighted by molar-refractivity contribution is -0.138. The van der Waals surface area contributed by atoms with Crippen molar-refractivity contribution in [3.8, 4) is 0 Å². The molecule has 2 rings (SSSR count). The Balaban J connectivity index is 2.30. The van der Waals surface area contributed by atoms with Gasteiger partial charge in [-0.3, -0.25) is 4.79 Å². The molecule has 2 aromatic rings. The van der Waals surface area contributed by atoms with E-state index in [0.717, 1.165) is 4.88 Å². The summed E-state index contributed by atoms with van der Waals surface area (Å²) in [6, 6.07) is 9.43. The summed E-state index contributed by atoms with van der Waals surface area (Å²) >= 11 is 7.11. The van der Waals surface area contributed by atoms with E-state index in [-0.39, 0.29) is 12.0 Å². The van der Waals surface area contributed by atoms with E-state index in [4.69, 9.17) is 11.6 Å². The molecule has 1 aromatic heterocycles. The summed E-state index contributed by atoms with van der Waals surface area (Å²) in [5.41, 5.74) is 0.203. The molecule has 0 saturated heterocycles. The van der Waals surface area contributed by atoms with Gasteiger partial charge >= 0.3 is 5.97 Å². The molecule has 1 N–H and O–H groups in total. The summed E-state index contributed by atoms with van der Waals surface area (Å²) in [6.07, 6.45) is 0.244. The Bertz CT molecular complexity index is 568. The Hall–Kier alpha value is -1.39. The Kier molecular flexibility index (Phi) is 3.99. The number of halogens is 2. The average molecular weight is 285 g/mol. The van der Waals surface area contributed by atoms with Gasteiger partial charge in [0.25, 0.3) is 0 Å². The number of aliphatic carboxylic acids is 1. The van der Waals surface area contributed by atoms with Crippen molar-refractivity contribution in [2.45, 2.75) is 12.3 Å². The molecule has 0 spiro atoms. The number of thiophene rings is 1. The molecule has 18 heavy (non-hydrogen) atoms. The number of rotatable bonds is 4. The molecule has 0 aliphatic heterocycles. The van der Waals surface area contributed by atoms with E-state index in [2.05, 4.69) is 0 Å². The highest BCUT2D eigenvalue weighted by Gasteiger charge is 2.23. The van der Waals surface area contributed by atoms with E-state index < -0.39 is 17.7 Å². The fraction of sp³-hybridized carbons (Fsp3) is 0.154. The summed E-state index contributed by atoms with van der Waals surface area (Å²) in [6.45, 7) is 0. The maximum Gasteiger partial charge on any atom is 0.311 e. The van der Waals surface area contributed by atoms with Gasteiger partial charge < -0.3 is 5.11 Å². The number of hydrogen-bond donors (Lipinski definition) is 1. The summed E-state index contributed by atoms with van der Waals surface area (Å²) < 4.78 is 14.2. The Morgan fingerprint density at radius 3 is 2.61 bits per heavy atom. The molecule has 94 valence electrons. The number of hydrogen-bond acceptors (Lipinski definition) is 2. The van der Waals surface area contributed by atoms with Gasteiger partial charge in [0.2, 0.25) is 0 Å². The molecule has 0 fully saturated rings. The summed E-state index contributed by atoms with van der Waals surface area (Å²) in [5.74, 6) is -2.42. The van der Waals surface area contributed by atoms with Crippen molar-refractivity contribution in [2.75, 3.05) is 0 Å². The lowest BCUT2D eigenvalue weighted by Gasteiger charge is -2.12. The van der Waals surface area contributed by atoms with Crippen LogP contribution in [0.1, 0.15) is 16.4 Å². The molecular weight excluding hydrogens is 275 g/mol. The fourth-order valence-electron chi connectivity index (χ4n) is 1.75. The largest absolute Gasteiger partial charge is 0.481 e. The molecule has 1 heterocycles. The van der Waals surface area contributed by atoms with Gasteiger partial charge in [-0.15, -0.1) is 11.3 Å². The summed E-state index contributed by atoms with van der Waals surface area (Å²) in [4.78, 5) is 12.1. The highest BCUT2D eigenvalue weighted by molar-refractivity contribution is 7.16. The SMILES string of the molecule is O=C(O)C(Cc1ccc(Cl)s1)c1ccccc1F. The first-order chi connectivity index (χ1) is 8.58. The third-order valence-corrected chi connectivity index (χ3v) is 3.87. The molecule has 1 aromatic carbocycles. The first-order valence-corrected chi connectivity index (χ1v) is 6.49. The minimum Gasteiger partial charge on any atom is -0.481 e. The van der Waals surface area contributed by atoms with E-state index in [1.54, 1.807) is 24.3 Å². The number of carbonyl (C=O) groups is 1. The standard InChI is InChI=1S/C13H10ClFO2S/c14-12-6-5-8(18-12)7-10(13(16)17)9-3-1-2-4-11(9)15/h1-6,10H,7H2,(H,16,17). The van der Waals surface area contributed by atoms with Crippen molar-refractivity contribution < 1.29 is 14.3 Å².